The summed E-state index contributed by atoms with van der Waals surface area (Å²) in [4.78, 5) is 14.7. The van der Waals surface area contributed by atoms with Gasteiger partial charge in [-0.2, -0.15) is 0 Å². The van der Waals surface area contributed by atoms with E-state index in [9.17, 15) is 0 Å². The molecule has 6 aromatic rings. The van der Waals surface area contributed by atoms with E-state index in [4.69, 9.17) is 26.6 Å². The average Bonchev–Trinajstić information content (AvgIpc) is 2.94. The van der Waals surface area contributed by atoms with Crippen LogP contribution in [-0.2, 0) is 0 Å². The van der Waals surface area contributed by atoms with Gasteiger partial charge in [0.05, 0.1) is 0 Å². The number of rotatable bonds is 4. The minimum atomic E-state index is 0.650. The highest BCUT2D eigenvalue weighted by Gasteiger charge is 2.15. The first-order valence-electron chi connectivity index (χ1n) is 11.4. The van der Waals surface area contributed by atoms with Gasteiger partial charge in [-0.05, 0) is 40.1 Å². The van der Waals surface area contributed by atoms with E-state index in [1.807, 2.05) is 84.9 Å². The summed E-state index contributed by atoms with van der Waals surface area (Å²) in [7, 11) is 0. The third-order valence-corrected chi connectivity index (χ3v) is 6.27. The molecule has 0 aliphatic rings. The second kappa shape index (κ2) is 9.13. The fraction of sp³-hybridized carbons (Fsp3) is 0. The second-order valence-corrected chi connectivity index (χ2v) is 8.69. The Morgan fingerprint density at radius 1 is 0.371 bits per heavy atom. The molecule has 1 heterocycles. The van der Waals surface area contributed by atoms with Gasteiger partial charge in [-0.3, -0.25) is 0 Å². The normalized spacial score (nSPS) is 11.0. The lowest BCUT2D eigenvalue weighted by Crippen LogP contribution is -2.00. The van der Waals surface area contributed by atoms with Crippen LogP contribution in [0.5, 0.6) is 0 Å². The molecule has 6 rings (SSSR count). The van der Waals surface area contributed by atoms with Gasteiger partial charge >= 0.3 is 0 Å². The topological polar surface area (TPSA) is 38.7 Å². The van der Waals surface area contributed by atoms with Gasteiger partial charge in [-0.1, -0.05) is 115 Å². The number of halogens is 1. The van der Waals surface area contributed by atoms with Gasteiger partial charge in [-0.25, -0.2) is 15.0 Å². The van der Waals surface area contributed by atoms with Gasteiger partial charge in [-0.15, -0.1) is 0 Å². The third kappa shape index (κ3) is 4.18. The van der Waals surface area contributed by atoms with Gasteiger partial charge in [0.15, 0.2) is 17.5 Å². The largest absolute Gasteiger partial charge is 0.208 e. The number of hydrogen-bond donors (Lipinski definition) is 0. The lowest BCUT2D eigenvalue weighted by atomic mass is 9.94. The van der Waals surface area contributed by atoms with Crippen molar-refractivity contribution < 1.29 is 0 Å². The van der Waals surface area contributed by atoms with Crippen molar-refractivity contribution in [3.8, 4) is 45.3 Å². The SMILES string of the molecule is Clc1ccc(-c2ccc(-c3nc(-c4ccccc4)nc(-c4ccccc4)n3)c3ccccc23)cc1. The number of nitrogens with zero attached hydrogens (tertiary/aromatic N) is 3. The van der Waals surface area contributed by atoms with E-state index in [0.29, 0.717) is 17.5 Å². The maximum absolute atomic E-state index is 6.13. The zero-order valence-corrected chi connectivity index (χ0v) is 19.5. The third-order valence-electron chi connectivity index (χ3n) is 6.02. The van der Waals surface area contributed by atoms with Crippen LogP contribution in [0.1, 0.15) is 0 Å². The lowest BCUT2D eigenvalue weighted by Gasteiger charge is -2.13. The zero-order valence-electron chi connectivity index (χ0n) is 18.8. The maximum Gasteiger partial charge on any atom is 0.164 e. The van der Waals surface area contributed by atoms with Crippen LogP contribution in [0.15, 0.2) is 121 Å². The first-order chi connectivity index (χ1) is 17.3. The fourth-order valence-corrected chi connectivity index (χ4v) is 4.43. The molecule has 0 saturated carbocycles. The van der Waals surface area contributed by atoms with E-state index < -0.39 is 0 Å². The Balaban J connectivity index is 1.58. The van der Waals surface area contributed by atoms with Gasteiger partial charge in [0.1, 0.15) is 0 Å². The average molecular weight is 470 g/mol. The number of benzene rings is 5. The molecule has 0 aliphatic carbocycles. The van der Waals surface area contributed by atoms with Crippen LogP contribution >= 0.6 is 11.6 Å². The zero-order chi connectivity index (χ0) is 23.6. The number of fused-ring (bicyclic) bond motifs is 1. The Morgan fingerprint density at radius 3 is 1.40 bits per heavy atom. The summed E-state index contributed by atoms with van der Waals surface area (Å²) >= 11 is 6.13. The minimum Gasteiger partial charge on any atom is -0.208 e. The quantitative estimate of drug-likeness (QED) is 0.260. The van der Waals surface area contributed by atoms with E-state index in [2.05, 4.69) is 36.4 Å². The Morgan fingerprint density at radius 2 is 0.829 bits per heavy atom. The molecule has 0 unspecified atom stereocenters. The van der Waals surface area contributed by atoms with Crippen molar-refractivity contribution >= 4 is 22.4 Å². The van der Waals surface area contributed by atoms with E-state index in [-0.39, 0.29) is 0 Å². The molecule has 0 N–H and O–H groups in total. The van der Waals surface area contributed by atoms with Gasteiger partial charge < -0.3 is 0 Å². The molecule has 0 bridgehead atoms. The summed E-state index contributed by atoms with van der Waals surface area (Å²) in [6.45, 7) is 0. The molecule has 0 spiro atoms. The van der Waals surface area contributed by atoms with Crippen molar-refractivity contribution in [2.75, 3.05) is 0 Å². The van der Waals surface area contributed by atoms with Crippen LogP contribution in [-0.4, -0.2) is 15.0 Å². The molecule has 1 aromatic heterocycles. The van der Waals surface area contributed by atoms with E-state index >= 15 is 0 Å². The predicted octanol–water partition coefficient (Wildman–Crippen LogP) is 8.35. The van der Waals surface area contributed by atoms with Crippen molar-refractivity contribution in [1.29, 1.82) is 0 Å². The van der Waals surface area contributed by atoms with Crippen molar-refractivity contribution in [2.24, 2.45) is 0 Å². The number of aromatic nitrogens is 3. The first kappa shape index (κ1) is 21.2. The summed E-state index contributed by atoms with van der Waals surface area (Å²) in [5.74, 6) is 1.96. The van der Waals surface area contributed by atoms with Crippen LogP contribution in [0.3, 0.4) is 0 Å². The smallest absolute Gasteiger partial charge is 0.164 e. The maximum atomic E-state index is 6.13. The van der Waals surface area contributed by atoms with E-state index in [0.717, 1.165) is 43.6 Å². The van der Waals surface area contributed by atoms with Crippen LogP contribution in [0.25, 0.3) is 56.1 Å². The molecule has 0 aliphatic heterocycles. The molecule has 0 fully saturated rings. The Labute approximate surface area is 208 Å². The van der Waals surface area contributed by atoms with Crippen LogP contribution < -0.4 is 0 Å². The summed E-state index contributed by atoms with van der Waals surface area (Å²) < 4.78 is 0. The molecule has 3 nitrogen and oxygen atoms in total. The highest BCUT2D eigenvalue weighted by atomic mass is 35.5. The number of hydrogen-bond acceptors (Lipinski definition) is 3. The Hall–Kier alpha value is -4.34. The predicted molar refractivity (Wildman–Crippen MR) is 144 cm³/mol. The standard InChI is InChI=1S/C31H20ClN3/c32-24-17-15-21(16-18-24)25-19-20-28(27-14-8-7-13-26(25)27)31-34-29(22-9-3-1-4-10-22)33-30(35-31)23-11-5-2-6-12-23/h1-20H. The molecule has 166 valence electrons. The summed E-state index contributed by atoms with van der Waals surface area (Å²) in [6, 6.07) is 40.6. The molecule has 0 saturated heterocycles. The van der Waals surface area contributed by atoms with Crippen LogP contribution in [0.2, 0.25) is 5.02 Å². The van der Waals surface area contributed by atoms with Crippen molar-refractivity contribution in [2.45, 2.75) is 0 Å². The first-order valence-corrected chi connectivity index (χ1v) is 11.8. The minimum absolute atomic E-state index is 0.650. The molecule has 0 radical (unpaired) electrons. The highest BCUT2D eigenvalue weighted by molar-refractivity contribution is 6.30. The van der Waals surface area contributed by atoms with Crippen molar-refractivity contribution in [3.05, 3.63) is 126 Å². The molecule has 4 heteroatoms. The van der Waals surface area contributed by atoms with Crippen LogP contribution in [0.4, 0.5) is 0 Å². The molecular weight excluding hydrogens is 450 g/mol. The molecular formula is C31H20ClN3. The van der Waals surface area contributed by atoms with E-state index in [1.165, 1.54) is 0 Å². The molecule has 0 atom stereocenters. The molecule has 0 amide bonds. The highest BCUT2D eigenvalue weighted by Crippen LogP contribution is 2.36. The summed E-state index contributed by atoms with van der Waals surface area (Å²) in [6.07, 6.45) is 0. The van der Waals surface area contributed by atoms with Gasteiger partial charge in [0, 0.05) is 21.7 Å². The molecule has 35 heavy (non-hydrogen) atoms. The van der Waals surface area contributed by atoms with Gasteiger partial charge in [0.25, 0.3) is 0 Å². The monoisotopic (exact) mass is 469 g/mol. The van der Waals surface area contributed by atoms with E-state index in [1.54, 1.807) is 0 Å². The second-order valence-electron chi connectivity index (χ2n) is 8.25. The Kier molecular flexibility index (Phi) is 5.53. The van der Waals surface area contributed by atoms with Crippen molar-refractivity contribution in [3.63, 3.8) is 0 Å². The lowest BCUT2D eigenvalue weighted by molar-refractivity contribution is 1.08. The van der Waals surface area contributed by atoms with Gasteiger partial charge in [0.2, 0.25) is 0 Å². The van der Waals surface area contributed by atoms with Crippen molar-refractivity contribution in [1.82, 2.24) is 15.0 Å². The fourth-order valence-electron chi connectivity index (χ4n) is 4.30. The molecule has 5 aromatic carbocycles. The Bertz CT molecular complexity index is 1570. The summed E-state index contributed by atoms with van der Waals surface area (Å²) in [5, 5.41) is 2.95. The van der Waals surface area contributed by atoms with Crippen LogP contribution in [0, 0.1) is 0 Å². The summed E-state index contributed by atoms with van der Waals surface area (Å²) in [5.41, 5.74) is 5.13.